The predicted octanol–water partition coefficient (Wildman–Crippen LogP) is 1.76. The lowest BCUT2D eigenvalue weighted by molar-refractivity contribution is 0.0330. The Labute approximate surface area is 97.6 Å². The smallest absolute Gasteiger partial charge is 0.420 e. The van der Waals surface area contributed by atoms with E-state index in [1.54, 1.807) is 0 Å². The molecule has 0 saturated heterocycles. The molecule has 2 heterocycles. The maximum absolute atomic E-state index is 11.8. The zero-order valence-corrected chi connectivity index (χ0v) is 9.60. The van der Waals surface area contributed by atoms with Crippen LogP contribution in [-0.4, -0.2) is 20.8 Å². The van der Waals surface area contributed by atoms with Crippen molar-refractivity contribution in [3.63, 3.8) is 0 Å². The molecule has 0 amide bonds. The summed E-state index contributed by atoms with van der Waals surface area (Å²) in [7, 11) is 0. The normalized spacial score (nSPS) is 17.2. The van der Waals surface area contributed by atoms with E-state index in [4.69, 9.17) is 4.74 Å². The fraction of sp³-hybridized carbons (Fsp3) is 0.333. The molecule has 2 aromatic rings. The van der Waals surface area contributed by atoms with Crippen LogP contribution in [0.15, 0.2) is 18.5 Å². The monoisotopic (exact) mass is 232 g/mol. The van der Waals surface area contributed by atoms with Crippen LogP contribution in [0.5, 0.6) is 0 Å². The number of cyclic esters (lactones) is 1. The minimum Gasteiger partial charge on any atom is -0.438 e. The van der Waals surface area contributed by atoms with Crippen LogP contribution in [0.2, 0.25) is 0 Å². The Hall–Kier alpha value is -1.88. The number of imidazole rings is 1. The molecule has 17 heavy (non-hydrogen) atoms. The van der Waals surface area contributed by atoms with E-state index in [-0.39, 0.29) is 6.61 Å². The molecule has 0 radical (unpaired) electrons. The highest BCUT2D eigenvalue weighted by molar-refractivity contribution is 5.93. The number of hydrogen-bond acceptors (Lipinski definition) is 4. The quantitative estimate of drug-likeness (QED) is 0.813. The molecule has 1 aliphatic rings. The highest BCUT2D eigenvalue weighted by Crippen LogP contribution is 2.36. The molecule has 0 bridgehead atoms. The van der Waals surface area contributed by atoms with Gasteiger partial charge in [0.15, 0.2) is 0 Å². The van der Waals surface area contributed by atoms with Gasteiger partial charge in [-0.3, -0.25) is 0 Å². The molecule has 0 aliphatic carbocycles. The molecule has 1 aromatic carbocycles. The zero-order chi connectivity index (χ0) is 12.2. The van der Waals surface area contributed by atoms with Crippen LogP contribution in [0.25, 0.3) is 11.0 Å². The van der Waals surface area contributed by atoms with Gasteiger partial charge in [-0.15, -0.1) is 0 Å². The molecule has 5 nitrogen and oxygen atoms in total. The van der Waals surface area contributed by atoms with Gasteiger partial charge in [0.25, 0.3) is 0 Å². The first kappa shape index (κ1) is 10.3. The zero-order valence-electron chi connectivity index (χ0n) is 9.60. The van der Waals surface area contributed by atoms with E-state index in [0.717, 1.165) is 11.1 Å². The van der Waals surface area contributed by atoms with Gasteiger partial charge in [0.2, 0.25) is 0 Å². The molecule has 1 aliphatic heterocycles. The van der Waals surface area contributed by atoms with Crippen LogP contribution in [0.4, 0.5) is 4.79 Å². The highest BCUT2D eigenvalue weighted by Gasteiger charge is 2.35. The number of aromatic nitrogens is 2. The lowest BCUT2D eigenvalue weighted by atomic mass is 9.94. The largest absolute Gasteiger partial charge is 0.438 e. The van der Waals surface area contributed by atoms with Gasteiger partial charge in [0, 0.05) is 11.1 Å². The van der Waals surface area contributed by atoms with Gasteiger partial charge in [0.1, 0.15) is 11.9 Å². The molecule has 0 fully saturated rings. The molecule has 1 aromatic heterocycles. The van der Waals surface area contributed by atoms with Crippen molar-refractivity contribution >= 4 is 17.1 Å². The molecule has 1 N–H and O–H groups in total. The van der Waals surface area contributed by atoms with E-state index in [0.29, 0.717) is 11.1 Å². The Kier molecular flexibility index (Phi) is 1.86. The number of carbonyl (C=O) groups is 1. The predicted molar refractivity (Wildman–Crippen MR) is 60.6 cm³/mol. The van der Waals surface area contributed by atoms with E-state index in [1.165, 1.54) is 10.9 Å². The second kappa shape index (κ2) is 3.07. The standard InChI is InChI=1S/C12H12N2O3/c1-12(2)8-4-3-7(5-15)9-10(8)14(6-13-9)11(16)17-12/h3-4,6,15H,5H2,1-2H3. The van der Waals surface area contributed by atoms with Crippen LogP contribution in [0.3, 0.4) is 0 Å². The summed E-state index contributed by atoms with van der Waals surface area (Å²) in [6.07, 6.45) is 1.00. The molecular formula is C12H12N2O3. The average Bonchev–Trinajstić information content (AvgIpc) is 2.70. The van der Waals surface area contributed by atoms with E-state index >= 15 is 0 Å². The van der Waals surface area contributed by atoms with Crippen molar-refractivity contribution in [3.05, 3.63) is 29.6 Å². The van der Waals surface area contributed by atoms with Crippen molar-refractivity contribution in [2.45, 2.75) is 26.1 Å². The summed E-state index contributed by atoms with van der Waals surface area (Å²) in [6, 6.07) is 3.69. The first-order valence-electron chi connectivity index (χ1n) is 5.38. The molecule has 0 saturated carbocycles. The van der Waals surface area contributed by atoms with E-state index in [1.807, 2.05) is 26.0 Å². The van der Waals surface area contributed by atoms with E-state index in [2.05, 4.69) is 4.98 Å². The number of ether oxygens (including phenoxy) is 1. The molecule has 0 unspecified atom stereocenters. The van der Waals surface area contributed by atoms with Crippen LogP contribution in [-0.2, 0) is 16.9 Å². The molecule has 0 spiro atoms. The maximum Gasteiger partial charge on any atom is 0.420 e. The van der Waals surface area contributed by atoms with Crippen molar-refractivity contribution in [1.82, 2.24) is 9.55 Å². The van der Waals surface area contributed by atoms with Gasteiger partial charge in [-0.25, -0.2) is 14.3 Å². The first-order valence-corrected chi connectivity index (χ1v) is 5.38. The first-order chi connectivity index (χ1) is 8.04. The van der Waals surface area contributed by atoms with Crippen molar-refractivity contribution < 1.29 is 14.6 Å². The van der Waals surface area contributed by atoms with Crippen molar-refractivity contribution in [1.29, 1.82) is 0 Å². The van der Waals surface area contributed by atoms with E-state index < -0.39 is 11.7 Å². The summed E-state index contributed by atoms with van der Waals surface area (Å²) in [4.78, 5) is 16.0. The molecule has 0 atom stereocenters. The van der Waals surface area contributed by atoms with Crippen molar-refractivity contribution in [2.24, 2.45) is 0 Å². The SMILES string of the molecule is CC1(C)OC(=O)n2cnc3c(CO)ccc1c32. The molecule has 5 heteroatoms. The minimum atomic E-state index is -0.667. The Morgan fingerprint density at radius 1 is 1.47 bits per heavy atom. The Morgan fingerprint density at radius 2 is 2.24 bits per heavy atom. The lowest BCUT2D eigenvalue weighted by Gasteiger charge is -2.30. The van der Waals surface area contributed by atoms with Gasteiger partial charge in [0.05, 0.1) is 17.6 Å². The van der Waals surface area contributed by atoms with Crippen LogP contribution in [0.1, 0.15) is 25.0 Å². The second-order valence-electron chi connectivity index (χ2n) is 4.62. The van der Waals surface area contributed by atoms with Crippen LogP contribution < -0.4 is 0 Å². The summed E-state index contributed by atoms with van der Waals surface area (Å²) < 4.78 is 6.73. The third kappa shape index (κ3) is 1.23. The third-order valence-corrected chi connectivity index (χ3v) is 3.14. The number of nitrogens with zero attached hydrogens (tertiary/aromatic N) is 2. The maximum atomic E-state index is 11.8. The summed E-state index contributed by atoms with van der Waals surface area (Å²) in [6.45, 7) is 3.59. The number of rotatable bonds is 1. The molecular weight excluding hydrogens is 220 g/mol. The van der Waals surface area contributed by atoms with Gasteiger partial charge in [-0.05, 0) is 13.8 Å². The summed E-state index contributed by atoms with van der Waals surface area (Å²) in [5.41, 5.74) is 2.35. The molecule has 88 valence electrons. The summed E-state index contributed by atoms with van der Waals surface area (Å²) in [5, 5.41) is 9.26. The topological polar surface area (TPSA) is 64.4 Å². The average molecular weight is 232 g/mol. The number of aliphatic hydroxyl groups excluding tert-OH is 1. The Balaban J connectivity index is 2.46. The van der Waals surface area contributed by atoms with Gasteiger partial charge < -0.3 is 9.84 Å². The third-order valence-electron chi connectivity index (χ3n) is 3.14. The summed E-state index contributed by atoms with van der Waals surface area (Å²) >= 11 is 0. The lowest BCUT2D eigenvalue weighted by Crippen LogP contribution is -2.33. The van der Waals surface area contributed by atoms with Crippen molar-refractivity contribution in [3.8, 4) is 0 Å². The Bertz CT molecular complexity index is 628. The number of benzene rings is 1. The molecule has 3 rings (SSSR count). The fourth-order valence-electron chi connectivity index (χ4n) is 2.26. The Morgan fingerprint density at radius 3 is 2.94 bits per heavy atom. The van der Waals surface area contributed by atoms with Gasteiger partial charge >= 0.3 is 6.09 Å². The van der Waals surface area contributed by atoms with Gasteiger partial charge in [-0.1, -0.05) is 12.1 Å². The van der Waals surface area contributed by atoms with E-state index in [9.17, 15) is 9.90 Å². The highest BCUT2D eigenvalue weighted by atomic mass is 16.6. The number of hydrogen-bond donors (Lipinski definition) is 1. The summed E-state index contributed by atoms with van der Waals surface area (Å²) in [5.74, 6) is 0. The van der Waals surface area contributed by atoms with Crippen LogP contribution >= 0.6 is 0 Å². The fourth-order valence-corrected chi connectivity index (χ4v) is 2.26. The van der Waals surface area contributed by atoms with Crippen LogP contribution in [0, 0.1) is 0 Å². The van der Waals surface area contributed by atoms with Gasteiger partial charge in [-0.2, -0.15) is 0 Å². The van der Waals surface area contributed by atoms with Crippen molar-refractivity contribution in [2.75, 3.05) is 0 Å². The number of carbonyl (C=O) groups excluding carboxylic acids is 1. The number of aliphatic hydroxyl groups is 1. The minimum absolute atomic E-state index is 0.0940. The second-order valence-corrected chi connectivity index (χ2v) is 4.62.